The van der Waals surface area contributed by atoms with E-state index in [9.17, 15) is 9.59 Å². The summed E-state index contributed by atoms with van der Waals surface area (Å²) in [6.45, 7) is 5.10. The topological polar surface area (TPSA) is 73.5 Å². The lowest BCUT2D eigenvalue weighted by Crippen LogP contribution is -2.51. The third kappa shape index (κ3) is 7.40. The van der Waals surface area contributed by atoms with Crippen LogP contribution in [0, 0.1) is 0 Å². The highest BCUT2D eigenvalue weighted by Crippen LogP contribution is 2.17. The predicted molar refractivity (Wildman–Crippen MR) is 93.9 cm³/mol. The van der Waals surface area contributed by atoms with Crippen molar-refractivity contribution in [3.63, 3.8) is 0 Å². The maximum atomic E-state index is 12.1. The van der Waals surface area contributed by atoms with Gasteiger partial charge in [0.1, 0.15) is 0 Å². The molecule has 1 aliphatic carbocycles. The van der Waals surface area contributed by atoms with Gasteiger partial charge in [-0.25, -0.2) is 4.79 Å². The molecule has 0 aromatic heterocycles. The maximum absolute atomic E-state index is 12.1. The highest BCUT2D eigenvalue weighted by Gasteiger charge is 2.20. The number of piperazine rings is 1. The average Bonchev–Trinajstić information content (AvgIpc) is 2.52. The van der Waals surface area contributed by atoms with Crippen molar-refractivity contribution in [2.75, 3.05) is 26.2 Å². The predicted octanol–water partition coefficient (Wildman–Crippen LogP) is 1.64. The molecule has 3 amide bonds. The Balaban J connectivity index is 0.00000264. The summed E-state index contributed by atoms with van der Waals surface area (Å²) in [6.07, 6.45) is 7.10. The molecule has 2 rings (SSSR count). The van der Waals surface area contributed by atoms with E-state index in [0.29, 0.717) is 31.5 Å². The summed E-state index contributed by atoms with van der Waals surface area (Å²) in [5, 5.41) is 9.21. The van der Waals surface area contributed by atoms with Gasteiger partial charge in [-0.3, -0.25) is 4.79 Å². The molecule has 0 radical (unpaired) electrons. The van der Waals surface area contributed by atoms with Gasteiger partial charge in [-0.2, -0.15) is 0 Å². The van der Waals surface area contributed by atoms with Gasteiger partial charge in [0.05, 0.1) is 0 Å². The largest absolute Gasteiger partial charge is 0.340 e. The van der Waals surface area contributed by atoms with Crippen LogP contribution in [0.2, 0.25) is 0 Å². The number of halogens is 1. The standard InChI is InChI=1S/C16H30N4O2.ClH/c1-13-12-20(11-10-17-13)15(21)8-5-9-18-16(22)19-14-6-3-2-4-7-14;/h13-14,17H,2-12H2,1H3,(H2,18,19,22);1H. The lowest BCUT2D eigenvalue weighted by Gasteiger charge is -2.32. The van der Waals surface area contributed by atoms with E-state index in [1.54, 1.807) is 0 Å². The lowest BCUT2D eigenvalue weighted by molar-refractivity contribution is -0.132. The third-order valence-electron chi connectivity index (χ3n) is 4.51. The Morgan fingerprint density at radius 1 is 1.22 bits per heavy atom. The Bertz CT molecular complexity index is 375. The van der Waals surface area contributed by atoms with Crippen molar-refractivity contribution < 1.29 is 9.59 Å². The minimum Gasteiger partial charge on any atom is -0.340 e. The second-order valence-corrected chi connectivity index (χ2v) is 6.53. The van der Waals surface area contributed by atoms with Crippen LogP contribution in [0.25, 0.3) is 0 Å². The quantitative estimate of drug-likeness (QED) is 0.662. The van der Waals surface area contributed by atoms with Crippen molar-refractivity contribution in [2.45, 2.75) is 64.0 Å². The van der Waals surface area contributed by atoms with Crippen LogP contribution in [-0.2, 0) is 4.79 Å². The zero-order valence-corrected chi connectivity index (χ0v) is 14.9. The molecule has 1 saturated carbocycles. The first-order valence-corrected chi connectivity index (χ1v) is 8.70. The van der Waals surface area contributed by atoms with Crippen molar-refractivity contribution in [3.8, 4) is 0 Å². The lowest BCUT2D eigenvalue weighted by atomic mass is 9.96. The molecule has 0 aromatic carbocycles. The zero-order valence-electron chi connectivity index (χ0n) is 14.1. The Labute approximate surface area is 145 Å². The van der Waals surface area contributed by atoms with Crippen molar-refractivity contribution in [1.29, 1.82) is 0 Å². The molecule has 0 aromatic rings. The van der Waals surface area contributed by atoms with Crippen LogP contribution in [0.4, 0.5) is 4.79 Å². The van der Waals surface area contributed by atoms with Gasteiger partial charge in [-0.05, 0) is 26.2 Å². The monoisotopic (exact) mass is 346 g/mol. The van der Waals surface area contributed by atoms with E-state index >= 15 is 0 Å². The molecule has 134 valence electrons. The van der Waals surface area contributed by atoms with Gasteiger partial charge in [-0.1, -0.05) is 19.3 Å². The molecule has 3 N–H and O–H groups in total. The number of hydrogen-bond acceptors (Lipinski definition) is 3. The summed E-state index contributed by atoms with van der Waals surface area (Å²) in [5.74, 6) is 0.197. The number of carbonyl (C=O) groups excluding carboxylic acids is 2. The number of nitrogens with one attached hydrogen (secondary N) is 3. The van der Waals surface area contributed by atoms with Gasteiger partial charge in [0.2, 0.25) is 5.91 Å². The normalized spacial score (nSPS) is 22.1. The van der Waals surface area contributed by atoms with Crippen LogP contribution in [0.3, 0.4) is 0 Å². The second-order valence-electron chi connectivity index (χ2n) is 6.53. The molecule has 1 aliphatic heterocycles. The molecule has 1 saturated heterocycles. The average molecular weight is 347 g/mol. The molecule has 1 atom stereocenters. The third-order valence-corrected chi connectivity index (χ3v) is 4.51. The number of rotatable bonds is 5. The SMILES string of the molecule is CC1CN(C(=O)CCCNC(=O)NC2CCCCC2)CCN1.Cl. The number of nitrogens with zero attached hydrogens (tertiary/aromatic N) is 1. The minimum absolute atomic E-state index is 0. The van der Waals surface area contributed by atoms with Crippen molar-refractivity contribution >= 4 is 24.3 Å². The fourth-order valence-electron chi connectivity index (χ4n) is 3.24. The number of carbonyl (C=O) groups is 2. The zero-order chi connectivity index (χ0) is 15.8. The molecule has 1 heterocycles. The van der Waals surface area contributed by atoms with Crippen LogP contribution in [-0.4, -0.2) is 55.1 Å². The molecule has 6 nitrogen and oxygen atoms in total. The molecule has 7 heteroatoms. The van der Waals surface area contributed by atoms with E-state index in [4.69, 9.17) is 0 Å². The summed E-state index contributed by atoms with van der Waals surface area (Å²) >= 11 is 0. The molecule has 0 spiro atoms. The van der Waals surface area contributed by atoms with E-state index < -0.39 is 0 Å². The number of hydrogen-bond donors (Lipinski definition) is 3. The summed E-state index contributed by atoms with van der Waals surface area (Å²) in [4.78, 5) is 25.8. The van der Waals surface area contributed by atoms with Gasteiger partial charge in [0.15, 0.2) is 0 Å². The fraction of sp³-hybridized carbons (Fsp3) is 0.875. The van der Waals surface area contributed by atoms with E-state index in [-0.39, 0.29) is 24.3 Å². The first-order valence-electron chi connectivity index (χ1n) is 8.70. The van der Waals surface area contributed by atoms with Crippen LogP contribution < -0.4 is 16.0 Å². The summed E-state index contributed by atoms with van der Waals surface area (Å²) in [7, 11) is 0. The molecule has 0 bridgehead atoms. The van der Waals surface area contributed by atoms with Crippen molar-refractivity contribution in [3.05, 3.63) is 0 Å². The Hall–Kier alpha value is -1.01. The van der Waals surface area contributed by atoms with E-state index in [0.717, 1.165) is 32.5 Å². The maximum Gasteiger partial charge on any atom is 0.315 e. The van der Waals surface area contributed by atoms with Gasteiger partial charge in [0.25, 0.3) is 0 Å². The van der Waals surface area contributed by atoms with Gasteiger partial charge in [-0.15, -0.1) is 12.4 Å². The number of urea groups is 1. The van der Waals surface area contributed by atoms with Crippen LogP contribution in [0.1, 0.15) is 51.9 Å². The number of amides is 3. The van der Waals surface area contributed by atoms with E-state index in [1.807, 2.05) is 4.90 Å². The molecule has 1 unspecified atom stereocenters. The van der Waals surface area contributed by atoms with Gasteiger partial charge >= 0.3 is 6.03 Å². The Morgan fingerprint density at radius 2 is 1.96 bits per heavy atom. The summed E-state index contributed by atoms with van der Waals surface area (Å²) < 4.78 is 0. The summed E-state index contributed by atoms with van der Waals surface area (Å²) in [6, 6.07) is 0.616. The molecular formula is C16H31ClN4O2. The van der Waals surface area contributed by atoms with Crippen molar-refractivity contribution in [2.24, 2.45) is 0 Å². The molecular weight excluding hydrogens is 316 g/mol. The molecule has 2 aliphatic rings. The van der Waals surface area contributed by atoms with Crippen LogP contribution in [0.5, 0.6) is 0 Å². The fourth-order valence-corrected chi connectivity index (χ4v) is 3.24. The smallest absolute Gasteiger partial charge is 0.315 e. The minimum atomic E-state index is -0.0878. The van der Waals surface area contributed by atoms with Crippen molar-refractivity contribution in [1.82, 2.24) is 20.9 Å². The highest BCUT2D eigenvalue weighted by atomic mass is 35.5. The van der Waals surface area contributed by atoms with Crippen LogP contribution >= 0.6 is 12.4 Å². The molecule has 23 heavy (non-hydrogen) atoms. The first-order chi connectivity index (χ1) is 10.6. The molecule has 2 fully saturated rings. The Kier molecular flexibility index (Phi) is 9.33. The van der Waals surface area contributed by atoms with Gasteiger partial charge in [0, 0.05) is 44.7 Å². The van der Waals surface area contributed by atoms with Gasteiger partial charge < -0.3 is 20.9 Å². The van der Waals surface area contributed by atoms with Crippen LogP contribution in [0.15, 0.2) is 0 Å². The summed E-state index contributed by atoms with van der Waals surface area (Å²) in [5.41, 5.74) is 0. The second kappa shape index (κ2) is 10.7. The first kappa shape index (κ1) is 20.0. The van der Waals surface area contributed by atoms with E-state index in [1.165, 1.54) is 19.3 Å². The highest BCUT2D eigenvalue weighted by molar-refractivity contribution is 5.85. The van der Waals surface area contributed by atoms with E-state index in [2.05, 4.69) is 22.9 Å². The Morgan fingerprint density at radius 3 is 2.65 bits per heavy atom.